The smallest absolute Gasteiger partial charge is 0.277 e. The normalized spacial score (nSPS) is 15.1. The Hall–Kier alpha value is -1.13. The van der Waals surface area contributed by atoms with Gasteiger partial charge in [0.2, 0.25) is 0 Å². The van der Waals surface area contributed by atoms with Crippen LogP contribution >= 0.6 is 45.8 Å². The molecule has 0 heterocycles. The molecule has 3 N–H and O–H groups in total. The number of nitrogens with one attached hydrogen (secondary N) is 2. The van der Waals surface area contributed by atoms with E-state index in [9.17, 15) is 14.3 Å². The van der Waals surface area contributed by atoms with Crippen LogP contribution in [0.15, 0.2) is 30.3 Å². The predicted octanol–water partition coefficient (Wildman–Crippen LogP) is 5.06. The van der Waals surface area contributed by atoms with Crippen molar-refractivity contribution < 1.29 is 19.1 Å². The Labute approximate surface area is 179 Å². The molecule has 0 saturated heterocycles. The van der Waals surface area contributed by atoms with Gasteiger partial charge in [-0.05, 0) is 72.2 Å². The molecule has 0 atom stereocenters. The molecule has 3 rings (SSSR count). The van der Waals surface area contributed by atoms with E-state index in [2.05, 4.69) is 33.4 Å². The summed E-state index contributed by atoms with van der Waals surface area (Å²) >= 11 is 14.1. The first-order valence-corrected chi connectivity index (χ1v) is 9.96. The zero-order valence-corrected chi connectivity index (χ0v) is 17.7. The quantitative estimate of drug-likeness (QED) is 0.365. The van der Waals surface area contributed by atoms with Crippen LogP contribution in [0, 0.1) is 9.39 Å². The van der Waals surface area contributed by atoms with Crippen LogP contribution < -0.4 is 10.8 Å². The first-order chi connectivity index (χ1) is 12.8. The lowest BCUT2D eigenvalue weighted by Gasteiger charge is -2.35. The number of anilines is 2. The standard InChI is InChI=1S/C18H16Cl2FIN2O3/c19-12-7-11(17(25)24-27-9-18(26)4-1-5-18)16(8-14(12)21)23-15-3-2-10(22)6-13(15)20/h2-3,6-8,23,26H,1,4-5,9H2,(H,24,25). The third-order valence-electron chi connectivity index (χ3n) is 4.30. The SMILES string of the molecule is O=C(NOCC1(O)CCC1)c1cc(Cl)c(F)cc1Nc1ccc(I)cc1Cl. The monoisotopic (exact) mass is 524 g/mol. The van der Waals surface area contributed by atoms with Crippen molar-refractivity contribution in [3.05, 3.63) is 55.3 Å². The molecule has 0 radical (unpaired) electrons. The van der Waals surface area contributed by atoms with Crippen LogP contribution in [0.25, 0.3) is 0 Å². The fourth-order valence-electron chi connectivity index (χ4n) is 2.59. The minimum atomic E-state index is -0.899. The van der Waals surface area contributed by atoms with Gasteiger partial charge in [-0.2, -0.15) is 0 Å². The highest BCUT2D eigenvalue weighted by Gasteiger charge is 2.35. The Morgan fingerprint density at radius 2 is 1.96 bits per heavy atom. The third kappa shape index (κ3) is 5.03. The molecule has 0 bridgehead atoms. The molecule has 1 aliphatic carbocycles. The molecule has 2 aromatic carbocycles. The van der Waals surface area contributed by atoms with E-state index >= 15 is 0 Å². The molecule has 144 valence electrons. The van der Waals surface area contributed by atoms with Gasteiger partial charge in [-0.15, -0.1) is 0 Å². The number of carbonyl (C=O) groups is 1. The number of hydrogen-bond acceptors (Lipinski definition) is 4. The van der Waals surface area contributed by atoms with Gasteiger partial charge in [0.15, 0.2) is 0 Å². The summed E-state index contributed by atoms with van der Waals surface area (Å²) in [5, 5.41) is 13.2. The molecular weight excluding hydrogens is 509 g/mol. The number of aliphatic hydroxyl groups is 1. The second-order valence-corrected chi connectivity index (χ2v) is 8.42. The Bertz CT molecular complexity index is 878. The minimum Gasteiger partial charge on any atom is -0.387 e. The van der Waals surface area contributed by atoms with E-state index in [4.69, 9.17) is 28.0 Å². The van der Waals surface area contributed by atoms with Gasteiger partial charge in [0.25, 0.3) is 5.91 Å². The van der Waals surface area contributed by atoms with Gasteiger partial charge in [0.1, 0.15) is 12.4 Å². The highest BCUT2D eigenvalue weighted by Crippen LogP contribution is 2.32. The molecule has 1 saturated carbocycles. The first-order valence-electron chi connectivity index (χ1n) is 8.13. The number of rotatable bonds is 6. The predicted molar refractivity (Wildman–Crippen MR) is 111 cm³/mol. The number of hydroxylamine groups is 1. The van der Waals surface area contributed by atoms with Crippen molar-refractivity contribution in [3.8, 4) is 0 Å². The average Bonchev–Trinajstić information content (AvgIpc) is 2.58. The van der Waals surface area contributed by atoms with Crippen LogP contribution in [0.4, 0.5) is 15.8 Å². The van der Waals surface area contributed by atoms with E-state index in [0.717, 1.165) is 16.1 Å². The molecule has 1 fully saturated rings. The lowest BCUT2D eigenvalue weighted by atomic mass is 9.81. The van der Waals surface area contributed by atoms with Crippen molar-refractivity contribution in [1.82, 2.24) is 5.48 Å². The Morgan fingerprint density at radius 1 is 1.22 bits per heavy atom. The maximum atomic E-state index is 13.9. The van der Waals surface area contributed by atoms with Crippen molar-refractivity contribution in [1.29, 1.82) is 0 Å². The first kappa shape index (κ1) is 20.6. The summed E-state index contributed by atoms with van der Waals surface area (Å²) < 4.78 is 14.9. The van der Waals surface area contributed by atoms with E-state index in [1.807, 2.05) is 6.07 Å². The Morgan fingerprint density at radius 3 is 2.59 bits per heavy atom. The summed E-state index contributed by atoms with van der Waals surface area (Å²) in [6, 6.07) is 7.60. The molecule has 5 nitrogen and oxygen atoms in total. The lowest BCUT2D eigenvalue weighted by Crippen LogP contribution is -2.44. The fraction of sp³-hybridized carbons (Fsp3) is 0.278. The van der Waals surface area contributed by atoms with Crippen molar-refractivity contribution >= 4 is 63.1 Å². The molecular formula is C18H16Cl2FIN2O3. The highest BCUT2D eigenvalue weighted by atomic mass is 127. The number of benzene rings is 2. The summed E-state index contributed by atoms with van der Waals surface area (Å²) in [6.45, 7) is -0.0145. The zero-order valence-electron chi connectivity index (χ0n) is 14.0. The lowest BCUT2D eigenvalue weighted by molar-refractivity contribution is -0.113. The van der Waals surface area contributed by atoms with Gasteiger partial charge in [-0.25, -0.2) is 9.87 Å². The summed E-state index contributed by atoms with van der Waals surface area (Å²) in [7, 11) is 0. The highest BCUT2D eigenvalue weighted by molar-refractivity contribution is 14.1. The molecule has 0 spiro atoms. The molecule has 0 aliphatic heterocycles. The van der Waals surface area contributed by atoms with Gasteiger partial charge < -0.3 is 10.4 Å². The Kier molecular flexibility index (Phi) is 6.47. The summed E-state index contributed by atoms with van der Waals surface area (Å²) in [5.41, 5.74) is 2.14. The van der Waals surface area contributed by atoms with Gasteiger partial charge in [-0.1, -0.05) is 23.2 Å². The van der Waals surface area contributed by atoms with E-state index in [0.29, 0.717) is 23.6 Å². The molecule has 1 aliphatic rings. The van der Waals surface area contributed by atoms with Crippen molar-refractivity contribution in [2.75, 3.05) is 11.9 Å². The number of carbonyl (C=O) groups excluding carboxylic acids is 1. The summed E-state index contributed by atoms with van der Waals surface area (Å²) in [6.07, 6.45) is 2.18. The summed E-state index contributed by atoms with van der Waals surface area (Å²) in [4.78, 5) is 17.6. The van der Waals surface area contributed by atoms with Crippen molar-refractivity contribution in [2.45, 2.75) is 24.9 Å². The largest absolute Gasteiger partial charge is 0.387 e. The van der Waals surface area contributed by atoms with Gasteiger partial charge >= 0.3 is 0 Å². The molecule has 0 unspecified atom stereocenters. The maximum Gasteiger partial charge on any atom is 0.277 e. The molecule has 1 amide bonds. The van der Waals surface area contributed by atoms with E-state index in [1.165, 1.54) is 6.07 Å². The Balaban J connectivity index is 1.78. The van der Waals surface area contributed by atoms with Crippen LogP contribution in [-0.4, -0.2) is 23.2 Å². The van der Waals surface area contributed by atoms with E-state index in [-0.39, 0.29) is 22.9 Å². The van der Waals surface area contributed by atoms with Crippen molar-refractivity contribution in [3.63, 3.8) is 0 Å². The second-order valence-electron chi connectivity index (χ2n) is 6.36. The van der Waals surface area contributed by atoms with Crippen LogP contribution in [0.3, 0.4) is 0 Å². The van der Waals surface area contributed by atoms with E-state index in [1.54, 1.807) is 12.1 Å². The second kappa shape index (κ2) is 8.48. The number of hydrogen-bond donors (Lipinski definition) is 3. The van der Waals surface area contributed by atoms with Crippen LogP contribution in [-0.2, 0) is 4.84 Å². The molecule has 0 aromatic heterocycles. The van der Waals surface area contributed by atoms with E-state index < -0.39 is 17.3 Å². The van der Waals surface area contributed by atoms with Crippen LogP contribution in [0.1, 0.15) is 29.6 Å². The van der Waals surface area contributed by atoms with Gasteiger partial charge in [0, 0.05) is 3.57 Å². The van der Waals surface area contributed by atoms with Crippen LogP contribution in [0.5, 0.6) is 0 Å². The number of halogens is 4. The van der Waals surface area contributed by atoms with Crippen LogP contribution in [0.2, 0.25) is 10.0 Å². The van der Waals surface area contributed by atoms with Gasteiger partial charge in [0.05, 0.1) is 32.6 Å². The molecule has 27 heavy (non-hydrogen) atoms. The zero-order chi connectivity index (χ0) is 19.6. The third-order valence-corrected chi connectivity index (χ3v) is 5.57. The van der Waals surface area contributed by atoms with Gasteiger partial charge in [-0.3, -0.25) is 9.63 Å². The maximum absolute atomic E-state index is 13.9. The van der Waals surface area contributed by atoms with Crippen molar-refractivity contribution in [2.24, 2.45) is 0 Å². The fourth-order valence-corrected chi connectivity index (χ4v) is 3.66. The molecule has 9 heteroatoms. The average molecular weight is 525 g/mol. The molecule has 2 aromatic rings. The number of amides is 1. The summed E-state index contributed by atoms with van der Waals surface area (Å²) in [5.74, 6) is -1.30. The topological polar surface area (TPSA) is 70.6 Å². The minimum absolute atomic E-state index is 0.0145.